The zero-order valence-corrected chi connectivity index (χ0v) is 16.5. The molecule has 0 radical (unpaired) electrons. The van der Waals surface area contributed by atoms with Crippen LogP contribution in [0, 0.1) is 0 Å². The molecule has 0 aromatic carbocycles. The molecule has 2 heterocycles. The Hall–Kier alpha value is -1.94. The first-order valence-electron chi connectivity index (χ1n) is 9.23. The van der Waals surface area contributed by atoms with Crippen molar-refractivity contribution in [3.05, 3.63) is 18.0 Å². The molecule has 0 bridgehead atoms. The molecule has 9 nitrogen and oxygen atoms in total. The highest BCUT2D eigenvalue weighted by atomic mass is 32.2. The molecule has 1 aliphatic rings. The van der Waals surface area contributed by atoms with Crippen LogP contribution in [0.5, 0.6) is 0 Å². The van der Waals surface area contributed by atoms with E-state index >= 15 is 0 Å². The average Bonchev–Trinajstić information content (AvgIpc) is 2.85. The predicted octanol–water partition coefficient (Wildman–Crippen LogP) is 0.819. The summed E-state index contributed by atoms with van der Waals surface area (Å²) in [5.74, 6) is -1.58. The van der Waals surface area contributed by atoms with Crippen LogP contribution in [0.25, 0.3) is 0 Å². The number of hydrogen-bond donors (Lipinski definition) is 1. The number of aromatic nitrogens is 2. The maximum absolute atomic E-state index is 12.7. The summed E-state index contributed by atoms with van der Waals surface area (Å²) in [5.41, 5.74) is 0.772. The molecule has 10 heteroatoms. The zero-order chi connectivity index (χ0) is 19.9. The van der Waals surface area contributed by atoms with Crippen LogP contribution in [0.15, 0.2) is 12.4 Å². The number of sulfonamides is 1. The maximum atomic E-state index is 12.7. The van der Waals surface area contributed by atoms with Gasteiger partial charge in [-0.05, 0) is 12.8 Å². The van der Waals surface area contributed by atoms with Crippen molar-refractivity contribution in [2.24, 2.45) is 7.05 Å². The highest BCUT2D eigenvalue weighted by molar-refractivity contribution is 7.89. The summed E-state index contributed by atoms with van der Waals surface area (Å²) in [6.07, 6.45) is 6.72. The first-order valence-corrected chi connectivity index (χ1v) is 10.8. The van der Waals surface area contributed by atoms with Gasteiger partial charge in [-0.3, -0.25) is 14.3 Å². The third-order valence-corrected chi connectivity index (χ3v) is 6.47. The molecule has 2 rings (SSSR count). The molecule has 1 N–H and O–H groups in total. The first-order chi connectivity index (χ1) is 12.8. The van der Waals surface area contributed by atoms with Gasteiger partial charge in [-0.2, -0.15) is 5.10 Å². The van der Waals surface area contributed by atoms with E-state index in [2.05, 4.69) is 5.10 Å². The van der Waals surface area contributed by atoms with Crippen molar-refractivity contribution in [2.45, 2.75) is 45.1 Å². The molecule has 0 spiro atoms. The van der Waals surface area contributed by atoms with E-state index in [0.717, 1.165) is 31.2 Å². The van der Waals surface area contributed by atoms with Gasteiger partial charge >= 0.3 is 5.97 Å². The molecule has 1 aromatic rings. The van der Waals surface area contributed by atoms with Crippen LogP contribution in [-0.4, -0.2) is 69.8 Å². The van der Waals surface area contributed by atoms with Gasteiger partial charge in [0.2, 0.25) is 15.9 Å². The molecule has 0 atom stereocenters. The lowest BCUT2D eigenvalue weighted by Crippen LogP contribution is -2.40. The van der Waals surface area contributed by atoms with Crippen LogP contribution in [0.4, 0.5) is 0 Å². The second-order valence-corrected chi connectivity index (χ2v) is 8.95. The number of aryl methyl sites for hydroxylation is 1. The van der Waals surface area contributed by atoms with Crippen molar-refractivity contribution >= 4 is 21.9 Å². The van der Waals surface area contributed by atoms with Crippen LogP contribution < -0.4 is 0 Å². The third kappa shape index (κ3) is 6.94. The van der Waals surface area contributed by atoms with Crippen molar-refractivity contribution in [3.63, 3.8) is 0 Å². The highest BCUT2D eigenvalue weighted by Gasteiger charge is 2.25. The summed E-state index contributed by atoms with van der Waals surface area (Å²) in [7, 11) is -1.70. The smallest absolute Gasteiger partial charge is 0.303 e. The number of carboxylic acid groups (broad SMARTS) is 1. The van der Waals surface area contributed by atoms with Crippen molar-refractivity contribution in [1.82, 2.24) is 19.0 Å². The molecule has 0 aliphatic carbocycles. The number of carboxylic acids is 1. The summed E-state index contributed by atoms with van der Waals surface area (Å²) in [4.78, 5) is 24.6. The molecule has 1 fully saturated rings. The Labute approximate surface area is 160 Å². The number of hydrogen-bond acceptors (Lipinski definition) is 5. The van der Waals surface area contributed by atoms with Crippen LogP contribution in [0.3, 0.4) is 0 Å². The Balaban J connectivity index is 2.03. The number of rotatable bonds is 9. The van der Waals surface area contributed by atoms with E-state index in [1.54, 1.807) is 24.1 Å². The van der Waals surface area contributed by atoms with Crippen LogP contribution in [0.2, 0.25) is 0 Å². The van der Waals surface area contributed by atoms with Gasteiger partial charge in [0.15, 0.2) is 0 Å². The molecule has 0 saturated carbocycles. The molecule has 1 aromatic heterocycles. The van der Waals surface area contributed by atoms with Gasteiger partial charge in [-0.25, -0.2) is 12.7 Å². The van der Waals surface area contributed by atoms with Crippen molar-refractivity contribution in [3.8, 4) is 0 Å². The van der Waals surface area contributed by atoms with Crippen molar-refractivity contribution in [1.29, 1.82) is 0 Å². The Kier molecular flexibility index (Phi) is 7.78. The summed E-state index contributed by atoms with van der Waals surface area (Å²) < 4.78 is 28.4. The minimum absolute atomic E-state index is 0.0339. The lowest BCUT2D eigenvalue weighted by molar-refractivity contribution is -0.141. The summed E-state index contributed by atoms with van der Waals surface area (Å²) >= 11 is 0. The van der Waals surface area contributed by atoms with E-state index < -0.39 is 16.0 Å². The average molecular weight is 401 g/mol. The topological polar surface area (TPSA) is 113 Å². The normalized spacial score (nSPS) is 16.0. The van der Waals surface area contributed by atoms with Crippen molar-refractivity contribution in [2.75, 3.05) is 25.4 Å². The minimum atomic E-state index is -3.45. The monoisotopic (exact) mass is 400 g/mol. The molecular formula is C17H28N4O5S. The lowest BCUT2D eigenvalue weighted by Gasteiger charge is -2.25. The van der Waals surface area contributed by atoms with Crippen LogP contribution in [-0.2, 0) is 33.2 Å². The molecule has 1 aliphatic heterocycles. The Morgan fingerprint density at radius 1 is 1.19 bits per heavy atom. The predicted molar refractivity (Wildman–Crippen MR) is 99.3 cm³/mol. The summed E-state index contributed by atoms with van der Waals surface area (Å²) in [6.45, 7) is 1.30. The van der Waals surface area contributed by atoms with E-state index in [1.807, 2.05) is 0 Å². The number of carbonyl (C=O) groups excluding carboxylic acids is 1. The van der Waals surface area contributed by atoms with Gasteiger partial charge in [0, 0.05) is 51.4 Å². The minimum Gasteiger partial charge on any atom is -0.481 e. The van der Waals surface area contributed by atoms with E-state index in [4.69, 9.17) is 5.11 Å². The standard InChI is InChI=1S/C17H28N4O5S/c1-19-13-15(12-18-19)14-20(16(22)6-7-17(23)24)10-11-27(25,26)21-8-4-2-3-5-9-21/h12-13H,2-11,14H2,1H3,(H,23,24). The fourth-order valence-electron chi connectivity index (χ4n) is 3.11. The van der Waals surface area contributed by atoms with Crippen LogP contribution >= 0.6 is 0 Å². The third-order valence-electron chi connectivity index (χ3n) is 4.61. The zero-order valence-electron chi connectivity index (χ0n) is 15.7. The Morgan fingerprint density at radius 3 is 2.41 bits per heavy atom. The van der Waals surface area contributed by atoms with Gasteiger partial charge in [-0.1, -0.05) is 12.8 Å². The first kappa shape index (κ1) is 21.4. The molecule has 152 valence electrons. The fraction of sp³-hybridized carbons (Fsp3) is 0.706. The molecule has 1 saturated heterocycles. The molecule has 27 heavy (non-hydrogen) atoms. The second kappa shape index (κ2) is 9.84. The largest absolute Gasteiger partial charge is 0.481 e. The SMILES string of the molecule is Cn1cc(CN(CCS(=O)(=O)N2CCCCCC2)C(=O)CCC(=O)O)cn1. The van der Waals surface area contributed by atoms with Crippen LogP contribution in [0.1, 0.15) is 44.1 Å². The fourth-order valence-corrected chi connectivity index (χ4v) is 4.64. The number of aliphatic carboxylic acids is 1. The second-order valence-electron chi connectivity index (χ2n) is 6.86. The lowest BCUT2D eigenvalue weighted by atomic mass is 10.2. The van der Waals surface area contributed by atoms with Gasteiger partial charge in [0.25, 0.3) is 0 Å². The Morgan fingerprint density at radius 2 is 1.85 bits per heavy atom. The number of carbonyl (C=O) groups is 2. The highest BCUT2D eigenvalue weighted by Crippen LogP contribution is 2.15. The molecule has 1 amide bonds. The van der Waals surface area contributed by atoms with E-state index in [0.29, 0.717) is 13.1 Å². The maximum Gasteiger partial charge on any atom is 0.303 e. The van der Waals surface area contributed by atoms with E-state index in [-0.39, 0.29) is 37.6 Å². The summed E-state index contributed by atoms with van der Waals surface area (Å²) in [6, 6.07) is 0. The summed E-state index contributed by atoms with van der Waals surface area (Å²) in [5, 5.41) is 12.9. The van der Waals surface area contributed by atoms with Gasteiger partial charge in [0.05, 0.1) is 18.4 Å². The number of amides is 1. The van der Waals surface area contributed by atoms with Gasteiger partial charge < -0.3 is 10.0 Å². The molecular weight excluding hydrogens is 372 g/mol. The van der Waals surface area contributed by atoms with Gasteiger partial charge in [-0.15, -0.1) is 0 Å². The number of nitrogens with zero attached hydrogens (tertiary/aromatic N) is 4. The molecule has 0 unspecified atom stereocenters. The van der Waals surface area contributed by atoms with E-state index in [9.17, 15) is 18.0 Å². The van der Waals surface area contributed by atoms with Gasteiger partial charge in [0.1, 0.15) is 0 Å². The van der Waals surface area contributed by atoms with Crippen molar-refractivity contribution < 1.29 is 23.1 Å². The quantitative estimate of drug-likeness (QED) is 0.657. The van der Waals surface area contributed by atoms with E-state index in [1.165, 1.54) is 9.21 Å². The Bertz CT molecular complexity index is 738.